The molecule has 0 aliphatic carbocycles. The Balaban J connectivity index is 1.98. The predicted molar refractivity (Wildman–Crippen MR) is 111 cm³/mol. The van der Waals surface area contributed by atoms with E-state index >= 15 is 0 Å². The van der Waals surface area contributed by atoms with Crippen LogP contribution in [0.1, 0.15) is 71.5 Å². The molecule has 0 fully saturated rings. The van der Waals surface area contributed by atoms with Crippen molar-refractivity contribution < 1.29 is 9.59 Å². The number of anilines is 1. The zero-order valence-electron chi connectivity index (χ0n) is 17.3. The van der Waals surface area contributed by atoms with Crippen LogP contribution in [0.15, 0.2) is 18.2 Å². The molecule has 3 rings (SSSR count). The highest BCUT2D eigenvalue weighted by molar-refractivity contribution is 6.04. The lowest BCUT2D eigenvalue weighted by Crippen LogP contribution is -2.31. The molecule has 0 bridgehead atoms. The highest BCUT2D eigenvalue weighted by atomic mass is 16.2. The summed E-state index contributed by atoms with van der Waals surface area (Å²) < 4.78 is 1.94. The fourth-order valence-corrected chi connectivity index (χ4v) is 3.92. The SMILES string of the molecule is CCc1cccc(C)c1NC(=O)c1nc(C(=O)N(CC)CC)c2n1CCCC2. The maximum Gasteiger partial charge on any atom is 0.291 e. The van der Waals surface area contributed by atoms with Crippen molar-refractivity contribution in [3.63, 3.8) is 0 Å². The lowest BCUT2D eigenvalue weighted by Gasteiger charge is -2.20. The van der Waals surface area contributed by atoms with Crippen LogP contribution in [-0.2, 0) is 19.4 Å². The molecule has 2 aromatic rings. The summed E-state index contributed by atoms with van der Waals surface area (Å²) in [5.74, 6) is 0.0149. The van der Waals surface area contributed by atoms with Gasteiger partial charge in [0.05, 0.1) is 5.69 Å². The molecule has 28 heavy (non-hydrogen) atoms. The van der Waals surface area contributed by atoms with E-state index in [4.69, 9.17) is 0 Å². The van der Waals surface area contributed by atoms with Crippen LogP contribution in [0, 0.1) is 6.92 Å². The Morgan fingerprint density at radius 3 is 2.61 bits per heavy atom. The van der Waals surface area contributed by atoms with Crippen LogP contribution in [0.2, 0.25) is 0 Å². The Bertz CT molecular complexity index is 881. The summed E-state index contributed by atoms with van der Waals surface area (Å²) in [4.78, 5) is 32.4. The van der Waals surface area contributed by atoms with Gasteiger partial charge in [0, 0.05) is 25.3 Å². The summed E-state index contributed by atoms with van der Waals surface area (Å²) in [6.07, 6.45) is 3.63. The number of aromatic nitrogens is 2. The van der Waals surface area contributed by atoms with Gasteiger partial charge >= 0.3 is 0 Å². The molecule has 6 heteroatoms. The molecule has 2 amide bonds. The minimum atomic E-state index is -0.245. The second-order valence-electron chi connectivity index (χ2n) is 7.23. The third kappa shape index (κ3) is 3.68. The van der Waals surface area contributed by atoms with E-state index in [0.29, 0.717) is 24.6 Å². The zero-order chi connectivity index (χ0) is 20.3. The molecule has 1 aromatic carbocycles. The summed E-state index contributed by atoms with van der Waals surface area (Å²) in [5.41, 5.74) is 4.30. The van der Waals surface area contributed by atoms with E-state index in [2.05, 4.69) is 17.2 Å². The first-order valence-corrected chi connectivity index (χ1v) is 10.3. The molecule has 0 saturated heterocycles. The van der Waals surface area contributed by atoms with Crippen LogP contribution < -0.4 is 5.32 Å². The number of fused-ring (bicyclic) bond motifs is 1. The first-order chi connectivity index (χ1) is 13.5. The lowest BCUT2D eigenvalue weighted by atomic mass is 10.1. The minimum Gasteiger partial charge on any atom is -0.338 e. The molecule has 1 N–H and O–H groups in total. The summed E-state index contributed by atoms with van der Waals surface area (Å²) in [5, 5.41) is 3.06. The molecular formula is C22H30N4O2. The Morgan fingerprint density at radius 2 is 1.93 bits per heavy atom. The molecule has 150 valence electrons. The van der Waals surface area contributed by atoms with E-state index in [9.17, 15) is 9.59 Å². The van der Waals surface area contributed by atoms with E-state index in [1.807, 2.05) is 43.5 Å². The highest BCUT2D eigenvalue weighted by Gasteiger charge is 2.29. The summed E-state index contributed by atoms with van der Waals surface area (Å²) in [6.45, 7) is 9.97. The van der Waals surface area contributed by atoms with Gasteiger partial charge in [0.2, 0.25) is 0 Å². The maximum atomic E-state index is 13.1. The molecule has 0 unspecified atom stereocenters. The Kier molecular flexibility index (Phi) is 6.17. The Hall–Kier alpha value is -2.63. The fraction of sp³-hybridized carbons (Fsp3) is 0.500. The second-order valence-corrected chi connectivity index (χ2v) is 7.23. The number of aryl methyl sites for hydroxylation is 2. The van der Waals surface area contributed by atoms with Crippen molar-refractivity contribution >= 4 is 17.5 Å². The molecule has 1 aliphatic heterocycles. The van der Waals surface area contributed by atoms with Crippen LogP contribution in [-0.4, -0.2) is 39.4 Å². The number of nitrogens with one attached hydrogen (secondary N) is 1. The van der Waals surface area contributed by atoms with Gasteiger partial charge in [-0.05, 0) is 57.6 Å². The smallest absolute Gasteiger partial charge is 0.291 e. The van der Waals surface area contributed by atoms with Crippen LogP contribution in [0.5, 0.6) is 0 Å². The van der Waals surface area contributed by atoms with E-state index in [-0.39, 0.29) is 11.8 Å². The monoisotopic (exact) mass is 382 g/mol. The summed E-state index contributed by atoms with van der Waals surface area (Å²) in [7, 11) is 0. The van der Waals surface area contributed by atoms with Gasteiger partial charge in [-0.25, -0.2) is 4.98 Å². The van der Waals surface area contributed by atoms with Crippen molar-refractivity contribution in [1.29, 1.82) is 0 Å². The topological polar surface area (TPSA) is 67.2 Å². The highest BCUT2D eigenvalue weighted by Crippen LogP contribution is 2.25. The Morgan fingerprint density at radius 1 is 1.18 bits per heavy atom. The minimum absolute atomic E-state index is 0.0835. The van der Waals surface area contributed by atoms with Gasteiger partial charge in [0.25, 0.3) is 11.8 Å². The van der Waals surface area contributed by atoms with Crippen LogP contribution >= 0.6 is 0 Å². The molecular weight excluding hydrogens is 352 g/mol. The van der Waals surface area contributed by atoms with E-state index < -0.39 is 0 Å². The number of imidazole rings is 1. The summed E-state index contributed by atoms with van der Waals surface area (Å²) >= 11 is 0. The van der Waals surface area contributed by atoms with Crippen molar-refractivity contribution in [3.8, 4) is 0 Å². The largest absolute Gasteiger partial charge is 0.338 e. The van der Waals surface area contributed by atoms with Crippen molar-refractivity contribution in [2.24, 2.45) is 0 Å². The van der Waals surface area contributed by atoms with Crippen molar-refractivity contribution in [2.75, 3.05) is 18.4 Å². The second kappa shape index (κ2) is 8.59. The number of para-hydroxylation sites is 1. The van der Waals surface area contributed by atoms with E-state index in [1.54, 1.807) is 4.90 Å². The van der Waals surface area contributed by atoms with Gasteiger partial charge in [0.15, 0.2) is 5.82 Å². The van der Waals surface area contributed by atoms with Gasteiger partial charge in [-0.1, -0.05) is 25.1 Å². The first-order valence-electron chi connectivity index (χ1n) is 10.3. The molecule has 0 atom stereocenters. The molecule has 0 saturated carbocycles. The number of hydrogen-bond donors (Lipinski definition) is 1. The number of benzene rings is 1. The van der Waals surface area contributed by atoms with Crippen molar-refractivity contribution in [2.45, 2.75) is 59.9 Å². The molecule has 1 aliphatic rings. The van der Waals surface area contributed by atoms with Gasteiger partial charge in [-0.3, -0.25) is 9.59 Å². The van der Waals surface area contributed by atoms with Crippen LogP contribution in [0.25, 0.3) is 0 Å². The number of hydrogen-bond acceptors (Lipinski definition) is 3. The van der Waals surface area contributed by atoms with Gasteiger partial charge in [0.1, 0.15) is 5.69 Å². The van der Waals surface area contributed by atoms with Gasteiger partial charge < -0.3 is 14.8 Å². The van der Waals surface area contributed by atoms with Crippen molar-refractivity contribution in [1.82, 2.24) is 14.5 Å². The quantitative estimate of drug-likeness (QED) is 0.826. The lowest BCUT2D eigenvalue weighted by molar-refractivity contribution is 0.0766. The number of amides is 2. The third-order valence-corrected chi connectivity index (χ3v) is 5.55. The number of carbonyl (C=O) groups is 2. The zero-order valence-corrected chi connectivity index (χ0v) is 17.3. The number of rotatable bonds is 6. The predicted octanol–water partition coefficient (Wildman–Crippen LogP) is 3.82. The molecule has 6 nitrogen and oxygen atoms in total. The van der Waals surface area contributed by atoms with E-state index in [0.717, 1.165) is 54.7 Å². The summed E-state index contributed by atoms with van der Waals surface area (Å²) in [6, 6.07) is 6.02. The van der Waals surface area contributed by atoms with Crippen LogP contribution in [0.4, 0.5) is 5.69 Å². The maximum absolute atomic E-state index is 13.1. The van der Waals surface area contributed by atoms with Crippen LogP contribution in [0.3, 0.4) is 0 Å². The molecule has 0 spiro atoms. The van der Waals surface area contributed by atoms with Crippen molar-refractivity contribution in [3.05, 3.63) is 46.5 Å². The first kappa shape index (κ1) is 20.1. The average Bonchev–Trinajstić information content (AvgIpc) is 3.10. The third-order valence-electron chi connectivity index (χ3n) is 5.55. The average molecular weight is 383 g/mol. The van der Waals surface area contributed by atoms with E-state index in [1.165, 1.54) is 0 Å². The number of nitrogens with zero attached hydrogens (tertiary/aromatic N) is 3. The Labute approximate surface area is 166 Å². The van der Waals surface area contributed by atoms with Gasteiger partial charge in [-0.2, -0.15) is 0 Å². The molecule has 1 aromatic heterocycles. The number of carbonyl (C=O) groups excluding carboxylic acids is 2. The fourth-order valence-electron chi connectivity index (χ4n) is 3.92. The van der Waals surface area contributed by atoms with Gasteiger partial charge in [-0.15, -0.1) is 0 Å². The molecule has 0 radical (unpaired) electrons. The normalized spacial score (nSPS) is 13.1. The standard InChI is InChI=1S/C22H30N4O2/c1-5-16-12-10-11-15(4)18(16)24-21(27)20-23-19(22(28)25(6-2)7-3)17-13-8-9-14-26(17)20/h10-12H,5-9,13-14H2,1-4H3,(H,24,27). The molecule has 2 heterocycles.